The molecule has 1 unspecified atom stereocenters. The molecular weight excluding hydrogens is 172 g/mol. The lowest BCUT2D eigenvalue weighted by molar-refractivity contribution is 0.246. The van der Waals surface area contributed by atoms with Crippen LogP contribution in [0.15, 0.2) is 0 Å². The van der Waals surface area contributed by atoms with Crippen molar-refractivity contribution in [2.24, 2.45) is 5.92 Å². The minimum atomic E-state index is 0.748. The van der Waals surface area contributed by atoms with E-state index >= 15 is 0 Å². The van der Waals surface area contributed by atoms with Gasteiger partial charge >= 0.3 is 0 Å². The van der Waals surface area contributed by atoms with Gasteiger partial charge in [-0.3, -0.25) is 4.90 Å². The Morgan fingerprint density at radius 2 is 2.14 bits per heavy atom. The van der Waals surface area contributed by atoms with Gasteiger partial charge in [-0.2, -0.15) is 0 Å². The molecule has 1 N–H and O–H groups in total. The number of nitrogens with zero attached hydrogens (tertiary/aromatic N) is 1. The van der Waals surface area contributed by atoms with E-state index in [4.69, 9.17) is 0 Å². The van der Waals surface area contributed by atoms with Gasteiger partial charge in [-0.05, 0) is 44.7 Å². The second-order valence-electron chi connectivity index (χ2n) is 5.36. The highest BCUT2D eigenvalue weighted by Gasteiger charge is 2.31. The highest BCUT2D eigenvalue weighted by atomic mass is 15.2. The minimum Gasteiger partial charge on any atom is -0.313 e. The molecule has 1 saturated heterocycles. The summed E-state index contributed by atoms with van der Waals surface area (Å²) in [6.07, 6.45) is 5.58. The predicted octanol–water partition coefficient (Wildman–Crippen LogP) is 1.86. The molecule has 2 rings (SSSR count). The van der Waals surface area contributed by atoms with Gasteiger partial charge in [0.05, 0.1) is 0 Å². The molecule has 0 amide bonds. The summed E-state index contributed by atoms with van der Waals surface area (Å²) in [5.41, 5.74) is 0. The maximum Gasteiger partial charge on any atom is 0.0197 e. The van der Waals surface area contributed by atoms with Crippen LogP contribution in [0.4, 0.5) is 0 Å². The Hall–Kier alpha value is -0.0800. The zero-order chi connectivity index (χ0) is 9.97. The molecule has 0 radical (unpaired) electrons. The van der Waals surface area contributed by atoms with Crippen LogP contribution in [-0.2, 0) is 0 Å². The van der Waals surface area contributed by atoms with Crippen LogP contribution in [0.3, 0.4) is 0 Å². The van der Waals surface area contributed by atoms with Crippen molar-refractivity contribution in [2.75, 3.05) is 19.6 Å². The van der Waals surface area contributed by atoms with Crippen molar-refractivity contribution in [3.8, 4) is 0 Å². The van der Waals surface area contributed by atoms with Crippen LogP contribution in [0, 0.1) is 5.92 Å². The monoisotopic (exact) mass is 196 g/mol. The molecule has 0 aromatic rings. The summed E-state index contributed by atoms with van der Waals surface area (Å²) in [6, 6.07) is 1.70. The smallest absolute Gasteiger partial charge is 0.0197 e. The molecule has 82 valence electrons. The third kappa shape index (κ3) is 2.96. The van der Waals surface area contributed by atoms with Crippen molar-refractivity contribution in [3.05, 3.63) is 0 Å². The van der Waals surface area contributed by atoms with Gasteiger partial charge in [0.15, 0.2) is 0 Å². The lowest BCUT2D eigenvalue weighted by atomic mass is 10.0. The van der Waals surface area contributed by atoms with E-state index in [-0.39, 0.29) is 0 Å². The van der Waals surface area contributed by atoms with Crippen LogP contribution in [0.2, 0.25) is 0 Å². The summed E-state index contributed by atoms with van der Waals surface area (Å²) < 4.78 is 0. The fourth-order valence-corrected chi connectivity index (χ4v) is 2.53. The largest absolute Gasteiger partial charge is 0.313 e. The van der Waals surface area contributed by atoms with Crippen molar-refractivity contribution < 1.29 is 0 Å². The number of hydrogen-bond acceptors (Lipinski definition) is 2. The minimum absolute atomic E-state index is 0.748. The van der Waals surface area contributed by atoms with Crippen LogP contribution in [0.1, 0.15) is 39.5 Å². The molecule has 1 aliphatic heterocycles. The third-order valence-electron chi connectivity index (χ3n) is 3.33. The first-order chi connectivity index (χ1) is 6.75. The van der Waals surface area contributed by atoms with E-state index in [9.17, 15) is 0 Å². The molecule has 1 heterocycles. The molecule has 0 aromatic heterocycles. The molecular formula is C12H24N2. The summed E-state index contributed by atoms with van der Waals surface area (Å²) in [6.45, 7) is 8.50. The Balaban J connectivity index is 1.83. The predicted molar refractivity (Wildman–Crippen MR) is 60.5 cm³/mol. The van der Waals surface area contributed by atoms with Crippen molar-refractivity contribution in [1.29, 1.82) is 0 Å². The maximum absolute atomic E-state index is 3.68. The Labute approximate surface area is 88.1 Å². The first-order valence-corrected chi connectivity index (χ1v) is 6.23. The van der Waals surface area contributed by atoms with Crippen LogP contribution < -0.4 is 5.32 Å². The first kappa shape index (κ1) is 10.4. The van der Waals surface area contributed by atoms with Gasteiger partial charge in [0.1, 0.15) is 0 Å². The molecule has 1 saturated carbocycles. The molecule has 0 bridgehead atoms. The topological polar surface area (TPSA) is 15.3 Å². The van der Waals surface area contributed by atoms with E-state index in [0.29, 0.717) is 0 Å². The van der Waals surface area contributed by atoms with Crippen molar-refractivity contribution >= 4 is 0 Å². The van der Waals surface area contributed by atoms with Gasteiger partial charge in [-0.25, -0.2) is 0 Å². The van der Waals surface area contributed by atoms with E-state index in [1.165, 1.54) is 45.3 Å². The highest BCUT2D eigenvalue weighted by Crippen LogP contribution is 2.28. The SMILES string of the molecule is CC(C)CC1CN(C2CC2)CCCN1. The third-order valence-corrected chi connectivity index (χ3v) is 3.33. The number of nitrogens with one attached hydrogen (secondary N) is 1. The van der Waals surface area contributed by atoms with Crippen molar-refractivity contribution in [3.63, 3.8) is 0 Å². The fraction of sp³-hybridized carbons (Fsp3) is 1.00. The maximum atomic E-state index is 3.68. The van der Waals surface area contributed by atoms with Gasteiger partial charge < -0.3 is 5.32 Å². The Morgan fingerprint density at radius 1 is 1.36 bits per heavy atom. The van der Waals surface area contributed by atoms with E-state index in [0.717, 1.165) is 18.0 Å². The van der Waals surface area contributed by atoms with E-state index in [2.05, 4.69) is 24.1 Å². The van der Waals surface area contributed by atoms with E-state index < -0.39 is 0 Å². The summed E-state index contributed by atoms with van der Waals surface area (Å²) in [7, 11) is 0. The number of rotatable bonds is 3. The molecule has 2 nitrogen and oxygen atoms in total. The zero-order valence-electron chi connectivity index (χ0n) is 9.63. The van der Waals surface area contributed by atoms with E-state index in [1.807, 2.05) is 0 Å². The average Bonchev–Trinajstić information content (AvgIpc) is 2.86. The second kappa shape index (κ2) is 4.63. The quantitative estimate of drug-likeness (QED) is 0.741. The lowest BCUT2D eigenvalue weighted by Gasteiger charge is -2.25. The first-order valence-electron chi connectivity index (χ1n) is 6.23. The van der Waals surface area contributed by atoms with Gasteiger partial charge in [0.25, 0.3) is 0 Å². The van der Waals surface area contributed by atoms with Crippen molar-refractivity contribution in [2.45, 2.75) is 51.6 Å². The molecule has 2 aliphatic rings. The molecule has 2 fully saturated rings. The van der Waals surface area contributed by atoms with Crippen LogP contribution in [0.5, 0.6) is 0 Å². The number of hydrogen-bond donors (Lipinski definition) is 1. The van der Waals surface area contributed by atoms with Crippen LogP contribution in [0.25, 0.3) is 0 Å². The molecule has 2 heteroatoms. The molecule has 1 aliphatic carbocycles. The Morgan fingerprint density at radius 3 is 2.79 bits per heavy atom. The summed E-state index contributed by atoms with van der Waals surface area (Å²) in [4.78, 5) is 2.72. The summed E-state index contributed by atoms with van der Waals surface area (Å²) in [5, 5.41) is 3.68. The fourth-order valence-electron chi connectivity index (χ4n) is 2.53. The summed E-state index contributed by atoms with van der Waals surface area (Å²) >= 11 is 0. The molecule has 14 heavy (non-hydrogen) atoms. The van der Waals surface area contributed by atoms with Crippen LogP contribution in [-0.4, -0.2) is 36.6 Å². The van der Waals surface area contributed by atoms with Crippen molar-refractivity contribution in [1.82, 2.24) is 10.2 Å². The zero-order valence-corrected chi connectivity index (χ0v) is 9.63. The standard InChI is InChI=1S/C12H24N2/c1-10(2)8-11-9-14(12-4-5-12)7-3-6-13-11/h10-13H,3-9H2,1-2H3. The Kier molecular flexibility index (Phi) is 3.45. The van der Waals surface area contributed by atoms with Gasteiger partial charge in [-0.1, -0.05) is 13.8 Å². The van der Waals surface area contributed by atoms with Gasteiger partial charge in [0.2, 0.25) is 0 Å². The average molecular weight is 196 g/mol. The van der Waals surface area contributed by atoms with Gasteiger partial charge in [0, 0.05) is 18.6 Å². The highest BCUT2D eigenvalue weighted by molar-refractivity contribution is 4.88. The lowest BCUT2D eigenvalue weighted by Crippen LogP contribution is -2.39. The van der Waals surface area contributed by atoms with Crippen LogP contribution >= 0.6 is 0 Å². The Bertz CT molecular complexity index is 175. The molecule has 1 atom stereocenters. The van der Waals surface area contributed by atoms with E-state index in [1.54, 1.807) is 0 Å². The molecule has 0 aromatic carbocycles. The molecule has 0 spiro atoms. The summed E-state index contributed by atoms with van der Waals surface area (Å²) in [5.74, 6) is 0.826. The second-order valence-corrected chi connectivity index (χ2v) is 5.36. The normalized spacial score (nSPS) is 30.6. The van der Waals surface area contributed by atoms with Gasteiger partial charge in [-0.15, -0.1) is 0 Å².